The molecular formula is C31H38N6O7S. The number of carbonyl (C=O) groups excluding carboxylic acids is 1. The molecule has 3 aromatic rings. The van der Waals surface area contributed by atoms with Gasteiger partial charge in [0.15, 0.2) is 4.90 Å². The second-order valence-electron chi connectivity index (χ2n) is 13.1. The molecule has 4 N–H and O–H groups in total. The molecule has 1 amide bonds. The number of hydrogen-bond donors (Lipinski definition) is 3. The second-order valence-corrected chi connectivity index (χ2v) is 14.7. The number of rotatable bonds is 7. The quantitative estimate of drug-likeness (QED) is 0.221. The number of hydrogen-bond acceptors (Lipinski definition) is 10. The van der Waals surface area contributed by atoms with Crippen molar-refractivity contribution in [1.29, 1.82) is 0 Å². The SMILES string of the molecule is CC(C)(C)OC(=O)NC1CCC(Oc2ccc3c(c2NS(=O)(=O)c2ccccc2[N+](=O)[O-])CC(C)(C)c2c(N)ncnc2-3)CC1. The number of nitro benzene ring substituents is 1. The topological polar surface area (TPSA) is 189 Å². The van der Waals surface area contributed by atoms with Crippen molar-refractivity contribution in [2.75, 3.05) is 10.5 Å². The Morgan fingerprint density at radius 3 is 2.44 bits per heavy atom. The highest BCUT2D eigenvalue weighted by atomic mass is 32.2. The number of carbonyl (C=O) groups is 1. The number of nitrogen functional groups attached to an aromatic ring is 1. The van der Waals surface area contributed by atoms with E-state index in [1.807, 2.05) is 19.9 Å². The van der Waals surface area contributed by atoms with Gasteiger partial charge in [-0.25, -0.2) is 23.2 Å². The number of benzene rings is 2. The highest BCUT2D eigenvalue weighted by Crippen LogP contribution is 2.49. The fourth-order valence-corrected chi connectivity index (χ4v) is 7.32. The van der Waals surface area contributed by atoms with Crippen molar-refractivity contribution in [3.63, 3.8) is 0 Å². The van der Waals surface area contributed by atoms with Gasteiger partial charge >= 0.3 is 6.09 Å². The Balaban J connectivity index is 1.50. The predicted octanol–water partition coefficient (Wildman–Crippen LogP) is 5.48. The van der Waals surface area contributed by atoms with E-state index in [1.54, 1.807) is 26.8 Å². The van der Waals surface area contributed by atoms with Gasteiger partial charge in [0.1, 0.15) is 23.5 Å². The van der Waals surface area contributed by atoms with Crippen LogP contribution in [0.5, 0.6) is 5.75 Å². The molecule has 0 bridgehead atoms. The molecule has 0 unspecified atom stereocenters. The van der Waals surface area contributed by atoms with Crippen LogP contribution in [0.1, 0.15) is 71.4 Å². The Bertz CT molecular complexity index is 1750. The number of ether oxygens (including phenoxy) is 2. The van der Waals surface area contributed by atoms with Gasteiger partial charge in [-0.3, -0.25) is 14.8 Å². The number of nitro groups is 1. The lowest BCUT2D eigenvalue weighted by molar-refractivity contribution is -0.387. The molecule has 14 heteroatoms. The molecule has 240 valence electrons. The smallest absolute Gasteiger partial charge is 0.407 e. The number of nitrogens with zero attached hydrogens (tertiary/aromatic N) is 3. The zero-order valence-corrected chi connectivity index (χ0v) is 26.7. The van der Waals surface area contributed by atoms with E-state index in [2.05, 4.69) is 20.0 Å². The summed E-state index contributed by atoms with van der Waals surface area (Å²) in [5.41, 5.74) is 7.38. The summed E-state index contributed by atoms with van der Waals surface area (Å²) in [6, 6.07) is 8.61. The fraction of sp³-hybridized carbons (Fsp3) is 0.452. The summed E-state index contributed by atoms with van der Waals surface area (Å²) in [5, 5.41) is 14.6. The van der Waals surface area contributed by atoms with Crippen LogP contribution >= 0.6 is 0 Å². The van der Waals surface area contributed by atoms with Gasteiger partial charge in [0, 0.05) is 23.2 Å². The van der Waals surface area contributed by atoms with E-state index in [9.17, 15) is 23.3 Å². The maximum Gasteiger partial charge on any atom is 0.407 e. The van der Waals surface area contributed by atoms with Gasteiger partial charge < -0.3 is 20.5 Å². The number of alkyl carbamates (subject to hydrolysis) is 1. The first-order chi connectivity index (χ1) is 21.1. The molecule has 0 atom stereocenters. The lowest BCUT2D eigenvalue weighted by atomic mass is 9.71. The molecule has 1 aromatic heterocycles. The minimum Gasteiger partial charge on any atom is -0.488 e. The lowest BCUT2D eigenvalue weighted by Gasteiger charge is -2.36. The minimum atomic E-state index is -4.44. The molecule has 2 aromatic carbocycles. The Kier molecular flexibility index (Phi) is 8.38. The summed E-state index contributed by atoms with van der Waals surface area (Å²) >= 11 is 0. The van der Waals surface area contributed by atoms with Crippen molar-refractivity contribution < 1.29 is 27.6 Å². The van der Waals surface area contributed by atoms with Gasteiger partial charge in [0.25, 0.3) is 15.7 Å². The van der Waals surface area contributed by atoms with Crippen molar-refractivity contribution in [2.24, 2.45) is 0 Å². The molecule has 1 saturated carbocycles. The zero-order chi connectivity index (χ0) is 32.7. The van der Waals surface area contributed by atoms with Crippen molar-refractivity contribution in [3.05, 3.63) is 64.0 Å². The van der Waals surface area contributed by atoms with Gasteiger partial charge in [-0.15, -0.1) is 0 Å². The minimum absolute atomic E-state index is 0.0812. The lowest BCUT2D eigenvalue weighted by Crippen LogP contribution is -2.42. The Morgan fingerprint density at radius 2 is 1.78 bits per heavy atom. The van der Waals surface area contributed by atoms with Crippen LogP contribution in [0.25, 0.3) is 11.3 Å². The van der Waals surface area contributed by atoms with Crippen LogP contribution in [0.2, 0.25) is 0 Å². The zero-order valence-electron chi connectivity index (χ0n) is 25.9. The molecule has 2 aliphatic rings. The van der Waals surface area contributed by atoms with Crippen molar-refractivity contribution in [3.8, 4) is 17.0 Å². The molecule has 1 heterocycles. The third-order valence-electron chi connectivity index (χ3n) is 7.98. The highest BCUT2D eigenvalue weighted by Gasteiger charge is 2.38. The van der Waals surface area contributed by atoms with Crippen molar-refractivity contribution in [2.45, 2.75) is 94.8 Å². The van der Waals surface area contributed by atoms with Crippen molar-refractivity contribution in [1.82, 2.24) is 15.3 Å². The van der Waals surface area contributed by atoms with Crippen LogP contribution in [0.4, 0.5) is 22.0 Å². The van der Waals surface area contributed by atoms with E-state index in [4.69, 9.17) is 15.2 Å². The van der Waals surface area contributed by atoms with Crippen molar-refractivity contribution >= 4 is 33.3 Å². The monoisotopic (exact) mass is 638 g/mol. The van der Waals surface area contributed by atoms with Crippen LogP contribution in [0.3, 0.4) is 0 Å². The number of amides is 1. The molecule has 0 spiro atoms. The highest BCUT2D eigenvalue weighted by molar-refractivity contribution is 7.92. The Morgan fingerprint density at radius 1 is 1.09 bits per heavy atom. The number of sulfonamides is 1. The number of nitrogens with two attached hydrogens (primary N) is 1. The number of fused-ring (bicyclic) bond motifs is 3. The summed E-state index contributed by atoms with van der Waals surface area (Å²) in [6.45, 7) is 9.36. The molecule has 45 heavy (non-hydrogen) atoms. The molecule has 5 rings (SSSR count). The van der Waals surface area contributed by atoms with Crippen LogP contribution in [0.15, 0.2) is 47.6 Å². The first-order valence-electron chi connectivity index (χ1n) is 14.8. The molecular weight excluding hydrogens is 600 g/mol. The second kappa shape index (κ2) is 11.8. The van der Waals surface area contributed by atoms with Crippen LogP contribution in [-0.2, 0) is 26.6 Å². The average Bonchev–Trinajstić information content (AvgIpc) is 2.94. The molecule has 13 nitrogen and oxygen atoms in total. The van der Waals surface area contributed by atoms with E-state index < -0.39 is 42.6 Å². The summed E-state index contributed by atoms with van der Waals surface area (Å²) in [7, 11) is -4.44. The van der Waals surface area contributed by atoms with E-state index in [0.717, 1.165) is 11.6 Å². The summed E-state index contributed by atoms with van der Waals surface area (Å²) in [5.74, 6) is 0.635. The standard InChI is InChI=1S/C31H38N6O7S/c1-30(2,3)44-29(38)35-18-10-12-19(13-11-18)43-23-15-14-20-21(16-31(4,5)25-27(20)33-17-34-28(25)32)26(23)36-45(41,42)24-9-7-6-8-22(24)37(39)40/h6-9,14-15,17-19,36H,10-13,16H2,1-5H3,(H,35,38)(H2,32,33,34). The molecule has 0 aliphatic heterocycles. The van der Waals surface area contributed by atoms with Gasteiger partial charge in [0.2, 0.25) is 0 Å². The number of nitrogens with one attached hydrogen (secondary N) is 2. The third-order valence-corrected chi connectivity index (χ3v) is 9.38. The summed E-state index contributed by atoms with van der Waals surface area (Å²) < 4.78 is 42.1. The number of aromatic nitrogens is 2. The Hall–Kier alpha value is -4.46. The predicted molar refractivity (Wildman–Crippen MR) is 169 cm³/mol. The fourth-order valence-electron chi connectivity index (χ4n) is 6.05. The van der Waals surface area contributed by atoms with Crippen LogP contribution < -0.4 is 20.5 Å². The third kappa shape index (κ3) is 6.80. The summed E-state index contributed by atoms with van der Waals surface area (Å²) in [4.78, 5) is 31.5. The molecule has 0 saturated heterocycles. The first-order valence-corrected chi connectivity index (χ1v) is 16.2. The number of anilines is 2. The first kappa shape index (κ1) is 31.9. The van der Waals surface area contributed by atoms with Gasteiger partial charge in [-0.1, -0.05) is 26.0 Å². The normalized spacial score (nSPS) is 19.0. The van der Waals surface area contributed by atoms with E-state index in [1.165, 1.54) is 24.5 Å². The average molecular weight is 639 g/mol. The van der Waals surface area contributed by atoms with Gasteiger partial charge in [0.05, 0.1) is 22.4 Å². The molecule has 1 fully saturated rings. The van der Waals surface area contributed by atoms with E-state index in [-0.39, 0.29) is 17.8 Å². The summed E-state index contributed by atoms with van der Waals surface area (Å²) in [6.07, 6.45) is 3.48. The van der Waals surface area contributed by atoms with Gasteiger partial charge in [-0.05, 0) is 82.1 Å². The maximum absolute atomic E-state index is 13.8. The largest absolute Gasteiger partial charge is 0.488 e. The Labute approximate surface area is 262 Å². The number of para-hydroxylation sites is 1. The molecule has 2 aliphatic carbocycles. The molecule has 0 radical (unpaired) electrons. The maximum atomic E-state index is 13.8. The van der Waals surface area contributed by atoms with E-state index >= 15 is 0 Å². The van der Waals surface area contributed by atoms with Crippen LogP contribution in [0, 0.1) is 10.1 Å². The van der Waals surface area contributed by atoms with Gasteiger partial charge in [-0.2, -0.15) is 0 Å². The van der Waals surface area contributed by atoms with E-state index in [0.29, 0.717) is 60.5 Å². The van der Waals surface area contributed by atoms with Crippen LogP contribution in [-0.4, -0.2) is 47.1 Å².